The van der Waals surface area contributed by atoms with Crippen molar-refractivity contribution in [1.82, 2.24) is 5.32 Å². The SMILES string of the molecule is CCCC(NC12CC3CC(C)(CC(C)(C3)C1)C2)C(=O)O. The van der Waals surface area contributed by atoms with Crippen LogP contribution in [0.2, 0.25) is 0 Å². The zero-order chi connectivity index (χ0) is 14.6. The third-order valence-corrected chi connectivity index (χ3v) is 5.98. The molecule has 0 aromatic rings. The van der Waals surface area contributed by atoms with E-state index < -0.39 is 5.97 Å². The topological polar surface area (TPSA) is 49.3 Å². The second-order valence-corrected chi connectivity index (χ2v) is 8.73. The molecule has 3 unspecified atom stereocenters. The molecular formula is C17H29NO2. The number of carboxylic acids is 1. The molecule has 4 fully saturated rings. The summed E-state index contributed by atoms with van der Waals surface area (Å²) in [5.74, 6) is 0.141. The van der Waals surface area contributed by atoms with Crippen LogP contribution in [0.4, 0.5) is 0 Å². The molecule has 4 aliphatic rings. The fourth-order valence-corrected chi connectivity index (χ4v) is 6.52. The van der Waals surface area contributed by atoms with E-state index in [1.807, 2.05) is 0 Å². The van der Waals surface area contributed by atoms with Crippen molar-refractivity contribution < 1.29 is 9.90 Å². The van der Waals surface area contributed by atoms with Crippen LogP contribution in [0.25, 0.3) is 0 Å². The highest BCUT2D eigenvalue weighted by Gasteiger charge is 2.60. The van der Waals surface area contributed by atoms with Crippen LogP contribution in [0.1, 0.15) is 72.1 Å². The van der Waals surface area contributed by atoms with Gasteiger partial charge in [-0.05, 0) is 61.7 Å². The Labute approximate surface area is 122 Å². The Morgan fingerprint density at radius 2 is 1.80 bits per heavy atom. The molecule has 4 saturated carbocycles. The van der Waals surface area contributed by atoms with Gasteiger partial charge in [0.2, 0.25) is 0 Å². The molecule has 0 aromatic heterocycles. The normalized spacial score (nSPS) is 47.5. The molecule has 114 valence electrons. The molecule has 0 aromatic carbocycles. The predicted octanol–water partition coefficient (Wildman–Crippen LogP) is 3.58. The maximum atomic E-state index is 11.5. The van der Waals surface area contributed by atoms with Crippen LogP contribution in [0.15, 0.2) is 0 Å². The predicted molar refractivity (Wildman–Crippen MR) is 79.6 cm³/mol. The van der Waals surface area contributed by atoms with Crippen molar-refractivity contribution in [2.45, 2.75) is 83.7 Å². The summed E-state index contributed by atoms with van der Waals surface area (Å²) in [5, 5.41) is 13.1. The summed E-state index contributed by atoms with van der Waals surface area (Å²) in [4.78, 5) is 11.5. The van der Waals surface area contributed by atoms with Gasteiger partial charge in [0.05, 0.1) is 0 Å². The highest BCUT2D eigenvalue weighted by molar-refractivity contribution is 5.73. The molecule has 0 heterocycles. The number of aliphatic carboxylic acids is 1. The minimum absolute atomic E-state index is 0.0984. The molecule has 4 rings (SSSR count). The van der Waals surface area contributed by atoms with Crippen molar-refractivity contribution in [3.05, 3.63) is 0 Å². The van der Waals surface area contributed by atoms with E-state index in [0.29, 0.717) is 10.8 Å². The third kappa shape index (κ3) is 2.38. The Balaban J connectivity index is 1.83. The first-order chi connectivity index (χ1) is 9.27. The average molecular weight is 279 g/mol. The van der Waals surface area contributed by atoms with Gasteiger partial charge >= 0.3 is 5.97 Å². The van der Waals surface area contributed by atoms with Crippen LogP contribution in [-0.4, -0.2) is 22.7 Å². The summed E-state index contributed by atoms with van der Waals surface area (Å²) in [6, 6.07) is -0.358. The lowest BCUT2D eigenvalue weighted by Gasteiger charge is -2.66. The highest BCUT2D eigenvalue weighted by Crippen LogP contribution is 2.66. The van der Waals surface area contributed by atoms with Gasteiger partial charge in [0, 0.05) is 5.54 Å². The van der Waals surface area contributed by atoms with Crippen LogP contribution in [0.5, 0.6) is 0 Å². The maximum absolute atomic E-state index is 11.5. The van der Waals surface area contributed by atoms with Gasteiger partial charge in [-0.2, -0.15) is 0 Å². The summed E-state index contributed by atoms with van der Waals surface area (Å²) in [6.07, 6.45) is 9.29. The number of carboxylic acid groups (broad SMARTS) is 1. The Kier molecular flexibility index (Phi) is 3.20. The molecular weight excluding hydrogens is 250 g/mol. The second kappa shape index (κ2) is 4.46. The summed E-state index contributed by atoms with van der Waals surface area (Å²) >= 11 is 0. The van der Waals surface area contributed by atoms with E-state index in [1.165, 1.54) is 38.5 Å². The van der Waals surface area contributed by atoms with Gasteiger partial charge in [-0.25, -0.2) is 0 Å². The van der Waals surface area contributed by atoms with E-state index in [0.717, 1.165) is 18.8 Å². The molecule has 3 atom stereocenters. The van der Waals surface area contributed by atoms with Crippen molar-refractivity contribution >= 4 is 5.97 Å². The number of rotatable bonds is 5. The van der Waals surface area contributed by atoms with Crippen molar-refractivity contribution in [2.24, 2.45) is 16.7 Å². The Bertz CT molecular complexity index is 401. The molecule has 2 N–H and O–H groups in total. The number of nitrogens with one attached hydrogen (secondary N) is 1. The van der Waals surface area contributed by atoms with Crippen LogP contribution in [-0.2, 0) is 4.79 Å². The van der Waals surface area contributed by atoms with Crippen LogP contribution in [0.3, 0.4) is 0 Å². The van der Waals surface area contributed by atoms with Crippen LogP contribution in [0, 0.1) is 16.7 Å². The molecule has 20 heavy (non-hydrogen) atoms. The van der Waals surface area contributed by atoms with Crippen molar-refractivity contribution in [1.29, 1.82) is 0 Å². The smallest absolute Gasteiger partial charge is 0.320 e. The van der Waals surface area contributed by atoms with E-state index in [2.05, 4.69) is 26.1 Å². The Hall–Kier alpha value is -0.570. The quantitative estimate of drug-likeness (QED) is 0.808. The zero-order valence-corrected chi connectivity index (χ0v) is 13.2. The Morgan fingerprint density at radius 3 is 2.25 bits per heavy atom. The van der Waals surface area contributed by atoms with E-state index in [4.69, 9.17) is 0 Å². The van der Waals surface area contributed by atoms with Gasteiger partial charge in [-0.1, -0.05) is 27.2 Å². The van der Waals surface area contributed by atoms with E-state index in [1.54, 1.807) is 0 Å². The molecule has 3 nitrogen and oxygen atoms in total. The fourth-order valence-electron chi connectivity index (χ4n) is 6.52. The molecule has 0 spiro atoms. The molecule has 0 saturated heterocycles. The van der Waals surface area contributed by atoms with Crippen LogP contribution < -0.4 is 5.32 Å². The lowest BCUT2D eigenvalue weighted by atomic mass is 9.42. The molecule has 4 bridgehead atoms. The first kappa shape index (κ1) is 14.4. The minimum Gasteiger partial charge on any atom is -0.480 e. The monoisotopic (exact) mass is 279 g/mol. The van der Waals surface area contributed by atoms with Crippen molar-refractivity contribution in [3.63, 3.8) is 0 Å². The largest absolute Gasteiger partial charge is 0.480 e. The van der Waals surface area contributed by atoms with Crippen molar-refractivity contribution in [2.75, 3.05) is 0 Å². The highest BCUT2D eigenvalue weighted by atomic mass is 16.4. The number of carbonyl (C=O) groups is 1. The standard InChI is InChI=1S/C17H29NO2/c1-4-5-13(14(19)20)18-17-8-12-6-15(2,10-17)9-16(3,7-12)11-17/h12-13,18H,4-11H2,1-3H3,(H,19,20). The molecule has 0 amide bonds. The van der Waals surface area contributed by atoms with Crippen molar-refractivity contribution in [3.8, 4) is 0 Å². The first-order valence-electron chi connectivity index (χ1n) is 8.28. The zero-order valence-electron chi connectivity index (χ0n) is 13.2. The third-order valence-electron chi connectivity index (χ3n) is 5.98. The van der Waals surface area contributed by atoms with Crippen LogP contribution >= 0.6 is 0 Å². The molecule has 3 heteroatoms. The molecule has 4 aliphatic carbocycles. The van der Waals surface area contributed by atoms with Gasteiger partial charge in [0.15, 0.2) is 0 Å². The lowest BCUT2D eigenvalue weighted by Crippen LogP contribution is -2.66. The minimum atomic E-state index is -0.669. The lowest BCUT2D eigenvalue weighted by molar-refractivity contribution is -0.147. The molecule has 0 aliphatic heterocycles. The summed E-state index contributed by atoms with van der Waals surface area (Å²) in [5.41, 5.74) is 0.980. The van der Waals surface area contributed by atoms with Gasteiger partial charge in [0.1, 0.15) is 6.04 Å². The second-order valence-electron chi connectivity index (χ2n) is 8.73. The fraction of sp³-hybridized carbons (Fsp3) is 0.941. The maximum Gasteiger partial charge on any atom is 0.320 e. The first-order valence-corrected chi connectivity index (χ1v) is 8.28. The van der Waals surface area contributed by atoms with Gasteiger partial charge in [-0.3, -0.25) is 10.1 Å². The number of hydrogen-bond acceptors (Lipinski definition) is 2. The van der Waals surface area contributed by atoms with E-state index >= 15 is 0 Å². The summed E-state index contributed by atoms with van der Waals surface area (Å²) in [6.45, 7) is 6.93. The summed E-state index contributed by atoms with van der Waals surface area (Å²) in [7, 11) is 0. The van der Waals surface area contributed by atoms with Gasteiger partial charge in [0.25, 0.3) is 0 Å². The van der Waals surface area contributed by atoms with Gasteiger partial charge < -0.3 is 5.11 Å². The van der Waals surface area contributed by atoms with Gasteiger partial charge in [-0.15, -0.1) is 0 Å². The Morgan fingerprint density at radius 1 is 1.20 bits per heavy atom. The number of hydrogen-bond donors (Lipinski definition) is 2. The van der Waals surface area contributed by atoms with E-state index in [9.17, 15) is 9.90 Å². The molecule has 0 radical (unpaired) electrons. The van der Waals surface area contributed by atoms with E-state index in [-0.39, 0.29) is 11.6 Å². The summed E-state index contributed by atoms with van der Waals surface area (Å²) < 4.78 is 0. The average Bonchev–Trinajstić information content (AvgIpc) is 2.22.